The van der Waals surface area contributed by atoms with E-state index in [9.17, 15) is 24.6 Å². The van der Waals surface area contributed by atoms with Gasteiger partial charge in [-0.05, 0) is 57.4 Å². The fraction of sp³-hybridized carbons (Fsp3) is 0.700. The molecule has 2 aliphatic rings. The zero-order valence-electron chi connectivity index (χ0n) is 23.7. The first-order valence-electron chi connectivity index (χ1n) is 14.5. The third-order valence-corrected chi connectivity index (χ3v) is 7.47. The minimum atomic E-state index is -1.01. The Morgan fingerprint density at radius 2 is 1.64 bits per heavy atom. The summed E-state index contributed by atoms with van der Waals surface area (Å²) in [5.74, 6) is -0.190. The average molecular weight is 546 g/mol. The molecule has 218 valence electrons. The van der Waals surface area contributed by atoms with Gasteiger partial charge in [0.2, 0.25) is 11.8 Å². The minimum Gasteiger partial charge on any atom is -0.444 e. The number of benzene rings is 1. The van der Waals surface area contributed by atoms with Crippen molar-refractivity contribution in [1.29, 1.82) is 0 Å². The molecule has 0 aliphatic heterocycles. The highest BCUT2D eigenvalue weighted by molar-refractivity contribution is 5.86. The molecule has 2 fully saturated rings. The molecule has 2 saturated carbocycles. The molecule has 9 heteroatoms. The van der Waals surface area contributed by atoms with E-state index >= 15 is 0 Å². The molecule has 0 saturated heterocycles. The van der Waals surface area contributed by atoms with Crippen LogP contribution in [0, 0.1) is 11.8 Å². The van der Waals surface area contributed by atoms with Crippen LogP contribution in [-0.2, 0) is 20.7 Å². The molecule has 0 aromatic heterocycles. The van der Waals surface area contributed by atoms with Crippen molar-refractivity contribution in [2.45, 2.75) is 115 Å². The number of carbonyl (C=O) groups excluding carboxylic acids is 3. The van der Waals surface area contributed by atoms with Gasteiger partial charge in [-0.3, -0.25) is 9.59 Å². The Bertz CT molecular complexity index is 924. The summed E-state index contributed by atoms with van der Waals surface area (Å²) in [4.78, 5) is 38.2. The summed E-state index contributed by atoms with van der Waals surface area (Å²) in [5.41, 5.74) is 0.169. The Hall–Kier alpha value is -2.65. The Balaban J connectivity index is 1.54. The molecule has 0 heterocycles. The minimum absolute atomic E-state index is 0.0175. The van der Waals surface area contributed by atoms with Crippen LogP contribution in [0.4, 0.5) is 4.79 Å². The van der Waals surface area contributed by atoms with Gasteiger partial charge < -0.3 is 30.9 Å². The van der Waals surface area contributed by atoms with Gasteiger partial charge >= 0.3 is 6.09 Å². The van der Waals surface area contributed by atoms with E-state index in [4.69, 9.17) is 4.74 Å². The summed E-state index contributed by atoms with van der Waals surface area (Å²) in [6, 6.07) is 7.95. The number of alkyl carbamates (subject to hydrolysis) is 1. The lowest BCUT2D eigenvalue weighted by Crippen LogP contribution is -2.51. The number of amides is 3. The largest absolute Gasteiger partial charge is 0.444 e. The quantitative estimate of drug-likeness (QED) is 0.258. The van der Waals surface area contributed by atoms with Crippen LogP contribution in [0.15, 0.2) is 30.3 Å². The molecule has 5 N–H and O–H groups in total. The van der Waals surface area contributed by atoms with E-state index in [1.807, 2.05) is 30.3 Å². The molecule has 39 heavy (non-hydrogen) atoms. The fourth-order valence-electron chi connectivity index (χ4n) is 5.23. The lowest BCUT2D eigenvalue weighted by molar-refractivity contribution is -0.125. The predicted molar refractivity (Wildman–Crippen MR) is 149 cm³/mol. The average Bonchev–Trinajstić information content (AvgIpc) is 3.73. The molecule has 0 bridgehead atoms. The zero-order valence-corrected chi connectivity index (χ0v) is 23.7. The van der Waals surface area contributed by atoms with Crippen LogP contribution in [-0.4, -0.2) is 64.6 Å². The maximum atomic E-state index is 13.0. The molecule has 1 aromatic carbocycles. The van der Waals surface area contributed by atoms with Crippen molar-refractivity contribution < 1.29 is 29.3 Å². The number of aliphatic hydroxyl groups is 2. The Kier molecular flexibility index (Phi) is 11.6. The topological polar surface area (TPSA) is 137 Å². The second kappa shape index (κ2) is 14.7. The molecular formula is C30H47N3O6. The van der Waals surface area contributed by atoms with Gasteiger partial charge in [0.25, 0.3) is 0 Å². The summed E-state index contributed by atoms with van der Waals surface area (Å²) < 4.78 is 5.33. The summed E-state index contributed by atoms with van der Waals surface area (Å²) in [5, 5.41) is 29.8. The number of rotatable bonds is 13. The number of aliphatic hydroxyl groups excluding tert-OH is 2. The zero-order chi connectivity index (χ0) is 28.4. The monoisotopic (exact) mass is 545 g/mol. The Morgan fingerprint density at radius 3 is 2.26 bits per heavy atom. The third-order valence-electron chi connectivity index (χ3n) is 7.47. The normalized spacial score (nSPS) is 19.3. The molecular weight excluding hydrogens is 498 g/mol. The molecule has 3 amide bonds. The summed E-state index contributed by atoms with van der Waals surface area (Å²) in [6.45, 7) is 5.32. The van der Waals surface area contributed by atoms with Gasteiger partial charge in [0, 0.05) is 19.4 Å². The van der Waals surface area contributed by atoms with Crippen LogP contribution in [0.25, 0.3) is 0 Å². The van der Waals surface area contributed by atoms with Gasteiger partial charge in [0.05, 0.1) is 12.1 Å². The van der Waals surface area contributed by atoms with Crippen LogP contribution in [0.5, 0.6) is 0 Å². The second-order valence-electron chi connectivity index (χ2n) is 12.2. The van der Waals surface area contributed by atoms with E-state index in [0.29, 0.717) is 12.3 Å². The smallest absolute Gasteiger partial charge is 0.408 e. The molecule has 0 unspecified atom stereocenters. The van der Waals surface area contributed by atoms with Crippen LogP contribution in [0.3, 0.4) is 0 Å². The Labute approximate surface area is 232 Å². The van der Waals surface area contributed by atoms with Gasteiger partial charge in [-0.15, -0.1) is 0 Å². The van der Waals surface area contributed by atoms with Crippen molar-refractivity contribution in [2.75, 3.05) is 6.54 Å². The molecule has 9 nitrogen and oxygen atoms in total. The van der Waals surface area contributed by atoms with E-state index in [0.717, 1.165) is 44.1 Å². The lowest BCUT2D eigenvalue weighted by atomic mass is 9.82. The van der Waals surface area contributed by atoms with E-state index in [1.165, 1.54) is 6.42 Å². The summed E-state index contributed by atoms with van der Waals surface area (Å²) in [7, 11) is 0. The van der Waals surface area contributed by atoms with E-state index in [1.54, 1.807) is 20.8 Å². The van der Waals surface area contributed by atoms with Crippen LogP contribution < -0.4 is 16.0 Å². The highest BCUT2D eigenvalue weighted by Crippen LogP contribution is 2.36. The van der Waals surface area contributed by atoms with Gasteiger partial charge in [0.15, 0.2) is 0 Å². The maximum absolute atomic E-state index is 13.0. The number of hydrogen-bond acceptors (Lipinski definition) is 6. The molecule has 1 aromatic rings. The van der Waals surface area contributed by atoms with Crippen molar-refractivity contribution in [3.8, 4) is 0 Å². The molecule has 0 radical (unpaired) electrons. The first-order valence-corrected chi connectivity index (χ1v) is 14.5. The maximum Gasteiger partial charge on any atom is 0.408 e. The molecule has 2 aliphatic carbocycles. The molecule has 0 spiro atoms. The Morgan fingerprint density at radius 1 is 0.974 bits per heavy atom. The van der Waals surface area contributed by atoms with Gasteiger partial charge in [0.1, 0.15) is 17.7 Å². The van der Waals surface area contributed by atoms with E-state index in [-0.39, 0.29) is 31.2 Å². The van der Waals surface area contributed by atoms with E-state index < -0.39 is 41.9 Å². The second-order valence-corrected chi connectivity index (χ2v) is 12.2. The van der Waals surface area contributed by atoms with Crippen molar-refractivity contribution in [3.63, 3.8) is 0 Å². The van der Waals surface area contributed by atoms with Crippen LogP contribution >= 0.6 is 0 Å². The van der Waals surface area contributed by atoms with Gasteiger partial charge in [-0.1, -0.05) is 62.4 Å². The third kappa shape index (κ3) is 11.2. The number of ether oxygens (including phenoxy) is 1. The SMILES string of the molecule is CC(C)(C)OC(=O)N[C@@H](Cc1ccccc1)C(=O)NCCC(=O)N[C@@H](CC1CCCCC1)[C@@H](O)[C@@H](O)C1CC1. The van der Waals surface area contributed by atoms with Crippen LogP contribution in [0.1, 0.15) is 84.1 Å². The van der Waals surface area contributed by atoms with Gasteiger partial charge in [-0.2, -0.15) is 0 Å². The van der Waals surface area contributed by atoms with Crippen molar-refractivity contribution >= 4 is 17.9 Å². The summed E-state index contributed by atoms with van der Waals surface area (Å²) in [6.07, 6.45) is 5.86. The summed E-state index contributed by atoms with van der Waals surface area (Å²) >= 11 is 0. The predicted octanol–water partition coefficient (Wildman–Crippen LogP) is 3.22. The fourth-order valence-corrected chi connectivity index (χ4v) is 5.23. The molecule has 4 atom stereocenters. The van der Waals surface area contributed by atoms with Crippen LogP contribution in [0.2, 0.25) is 0 Å². The first kappa shape index (κ1) is 30.9. The van der Waals surface area contributed by atoms with Gasteiger partial charge in [-0.25, -0.2) is 4.79 Å². The highest BCUT2D eigenvalue weighted by atomic mass is 16.6. The number of hydrogen-bond donors (Lipinski definition) is 5. The standard InChI is InChI=1S/C30H47N3O6/c1-30(2,3)39-29(38)33-24(19-21-12-8-5-9-13-21)28(37)31-17-16-25(34)32-23(18-20-10-6-4-7-11-20)27(36)26(35)22-14-15-22/h5,8-9,12-13,20,22-24,26-27,35-36H,4,6-7,10-11,14-19H2,1-3H3,(H,31,37)(H,32,34)(H,33,38)/t23-,24-,26-,27+/m0/s1. The molecule has 3 rings (SSSR count). The van der Waals surface area contributed by atoms with Crippen molar-refractivity contribution in [3.05, 3.63) is 35.9 Å². The lowest BCUT2D eigenvalue weighted by Gasteiger charge is -2.32. The number of carbonyl (C=O) groups is 3. The van der Waals surface area contributed by atoms with E-state index in [2.05, 4.69) is 16.0 Å². The first-order chi connectivity index (χ1) is 18.5. The van der Waals surface area contributed by atoms with Crippen molar-refractivity contribution in [1.82, 2.24) is 16.0 Å². The van der Waals surface area contributed by atoms with Crippen molar-refractivity contribution in [2.24, 2.45) is 11.8 Å². The number of nitrogens with one attached hydrogen (secondary N) is 3. The highest BCUT2D eigenvalue weighted by Gasteiger charge is 2.39.